The van der Waals surface area contributed by atoms with Crippen LogP contribution in [0.4, 0.5) is 5.69 Å². The van der Waals surface area contributed by atoms with Crippen LogP contribution in [0.3, 0.4) is 0 Å². The Bertz CT molecular complexity index is 1190. The maximum atomic E-state index is 9.73. The second-order valence-corrected chi connectivity index (χ2v) is 10.4. The summed E-state index contributed by atoms with van der Waals surface area (Å²) in [5, 5.41) is 19.4. The molecule has 0 amide bonds. The quantitative estimate of drug-likeness (QED) is 0.214. The number of hydrogen-bond acceptors (Lipinski definition) is 3. The van der Waals surface area contributed by atoms with Gasteiger partial charge in [-0.05, 0) is 83.7 Å². The van der Waals surface area contributed by atoms with Crippen LogP contribution in [0.5, 0.6) is 0 Å². The predicted molar refractivity (Wildman–Crippen MR) is 159 cm³/mol. The molecule has 0 saturated carbocycles. The Hall–Kier alpha value is -3.40. The van der Waals surface area contributed by atoms with Crippen molar-refractivity contribution in [1.82, 2.24) is 0 Å². The molecule has 0 saturated heterocycles. The van der Waals surface area contributed by atoms with Crippen LogP contribution in [-0.4, -0.2) is 30.0 Å². The second kappa shape index (κ2) is 13.4. The molecule has 0 aliphatic carbocycles. The van der Waals surface area contributed by atoms with Crippen molar-refractivity contribution in [2.45, 2.75) is 52.0 Å². The van der Waals surface area contributed by atoms with Crippen molar-refractivity contribution in [3.05, 3.63) is 136 Å². The Morgan fingerprint density at radius 2 is 1.29 bits per heavy atom. The number of aryl methyl sites for hydroxylation is 2. The van der Waals surface area contributed by atoms with Crippen LogP contribution in [0.2, 0.25) is 0 Å². The molecule has 4 rings (SSSR count). The highest BCUT2D eigenvalue weighted by atomic mass is 16.3. The van der Waals surface area contributed by atoms with Crippen LogP contribution in [-0.2, 0) is 13.0 Å². The lowest BCUT2D eigenvalue weighted by Gasteiger charge is -2.26. The molecule has 3 heteroatoms. The molecule has 3 nitrogen and oxygen atoms in total. The standard InChI is InChI=1S/C35H41NO2/c1-26-22-31(32(18-20-37)24-29-10-6-4-7-11-29)14-16-34(26)28(3)35-17-15-33(23-27(35)2)36(19-21-38)25-30-12-8-5-9-13-30/h4-17,22-23,28,32,37-38H,18-21,24-25H2,1-3H3. The van der Waals surface area contributed by atoms with Gasteiger partial charge in [-0.25, -0.2) is 0 Å². The van der Waals surface area contributed by atoms with Gasteiger partial charge < -0.3 is 15.1 Å². The van der Waals surface area contributed by atoms with E-state index in [1.165, 1.54) is 38.9 Å². The molecule has 2 N–H and O–H groups in total. The van der Waals surface area contributed by atoms with Gasteiger partial charge in [0.1, 0.15) is 0 Å². The van der Waals surface area contributed by atoms with Gasteiger partial charge in [0.2, 0.25) is 0 Å². The first-order valence-corrected chi connectivity index (χ1v) is 13.8. The smallest absolute Gasteiger partial charge is 0.0606 e. The SMILES string of the molecule is Cc1cc(C(CCO)Cc2ccccc2)ccc1C(C)c1ccc(N(CCO)Cc2ccccc2)cc1C. The zero-order chi connectivity index (χ0) is 26.9. The van der Waals surface area contributed by atoms with Crippen LogP contribution < -0.4 is 4.90 Å². The third-order valence-electron chi connectivity index (χ3n) is 7.71. The maximum Gasteiger partial charge on any atom is 0.0606 e. The number of rotatable bonds is 12. The lowest BCUT2D eigenvalue weighted by Crippen LogP contribution is -2.26. The molecule has 0 heterocycles. The average molecular weight is 508 g/mol. The van der Waals surface area contributed by atoms with E-state index in [1.807, 2.05) is 12.1 Å². The predicted octanol–water partition coefficient (Wildman–Crippen LogP) is 7.16. The molecule has 0 bridgehead atoms. The van der Waals surface area contributed by atoms with Gasteiger partial charge in [0.15, 0.2) is 0 Å². The monoisotopic (exact) mass is 507 g/mol. The molecule has 0 fully saturated rings. The zero-order valence-corrected chi connectivity index (χ0v) is 23.0. The van der Waals surface area contributed by atoms with E-state index in [0.29, 0.717) is 12.5 Å². The van der Waals surface area contributed by atoms with Gasteiger partial charge in [-0.3, -0.25) is 0 Å². The van der Waals surface area contributed by atoms with Crippen molar-refractivity contribution in [2.24, 2.45) is 0 Å². The molecule has 0 aromatic heterocycles. The Morgan fingerprint density at radius 3 is 1.87 bits per heavy atom. The Morgan fingerprint density at radius 1 is 0.684 bits per heavy atom. The molecular weight excluding hydrogens is 466 g/mol. The number of nitrogens with zero attached hydrogens (tertiary/aromatic N) is 1. The largest absolute Gasteiger partial charge is 0.396 e. The molecular formula is C35H41NO2. The molecule has 0 aliphatic rings. The summed E-state index contributed by atoms with van der Waals surface area (Å²) in [6.45, 7) is 8.37. The lowest BCUT2D eigenvalue weighted by molar-refractivity contribution is 0.275. The van der Waals surface area contributed by atoms with Crippen molar-refractivity contribution >= 4 is 5.69 Å². The molecule has 2 atom stereocenters. The van der Waals surface area contributed by atoms with Gasteiger partial charge in [0.05, 0.1) is 6.61 Å². The van der Waals surface area contributed by atoms with Crippen molar-refractivity contribution in [3.63, 3.8) is 0 Å². The topological polar surface area (TPSA) is 43.7 Å². The van der Waals surface area contributed by atoms with E-state index in [0.717, 1.165) is 25.1 Å². The summed E-state index contributed by atoms with van der Waals surface area (Å²) in [5.74, 6) is 0.567. The molecule has 198 valence electrons. The van der Waals surface area contributed by atoms with Gasteiger partial charge in [0, 0.05) is 31.3 Å². The Balaban J connectivity index is 1.54. The van der Waals surface area contributed by atoms with Gasteiger partial charge >= 0.3 is 0 Å². The summed E-state index contributed by atoms with van der Waals surface area (Å²) < 4.78 is 0. The van der Waals surface area contributed by atoms with Crippen LogP contribution in [0.25, 0.3) is 0 Å². The van der Waals surface area contributed by atoms with E-state index in [-0.39, 0.29) is 19.1 Å². The average Bonchev–Trinajstić information content (AvgIpc) is 2.93. The first-order valence-electron chi connectivity index (χ1n) is 13.8. The second-order valence-electron chi connectivity index (χ2n) is 10.4. The molecule has 0 spiro atoms. The van der Waals surface area contributed by atoms with E-state index in [2.05, 4.69) is 111 Å². The molecule has 4 aromatic carbocycles. The highest BCUT2D eigenvalue weighted by Gasteiger charge is 2.18. The van der Waals surface area contributed by atoms with Crippen LogP contribution >= 0.6 is 0 Å². The lowest BCUT2D eigenvalue weighted by atomic mass is 9.83. The summed E-state index contributed by atoms with van der Waals surface area (Å²) in [5.41, 5.74) is 10.2. The van der Waals surface area contributed by atoms with Crippen molar-refractivity contribution in [1.29, 1.82) is 0 Å². The molecule has 0 radical (unpaired) electrons. The fourth-order valence-electron chi connectivity index (χ4n) is 5.61. The van der Waals surface area contributed by atoms with Crippen molar-refractivity contribution in [2.75, 3.05) is 24.7 Å². The van der Waals surface area contributed by atoms with E-state index in [4.69, 9.17) is 0 Å². The number of aliphatic hydroxyl groups excluding tert-OH is 2. The molecule has 4 aromatic rings. The van der Waals surface area contributed by atoms with Gasteiger partial charge in [0.25, 0.3) is 0 Å². The Labute approximate surface area is 228 Å². The van der Waals surface area contributed by atoms with Gasteiger partial charge in [-0.1, -0.05) is 91.9 Å². The summed E-state index contributed by atoms with van der Waals surface area (Å²) in [4.78, 5) is 2.24. The number of anilines is 1. The highest BCUT2D eigenvalue weighted by molar-refractivity contribution is 5.54. The highest BCUT2D eigenvalue weighted by Crippen LogP contribution is 2.34. The van der Waals surface area contributed by atoms with Gasteiger partial charge in [-0.2, -0.15) is 0 Å². The van der Waals surface area contributed by atoms with E-state index >= 15 is 0 Å². The number of benzene rings is 4. The van der Waals surface area contributed by atoms with Crippen LogP contribution in [0, 0.1) is 13.8 Å². The minimum atomic E-state index is 0.122. The summed E-state index contributed by atoms with van der Waals surface area (Å²) in [6, 6.07) is 34.5. The summed E-state index contributed by atoms with van der Waals surface area (Å²) in [6.07, 6.45) is 1.70. The van der Waals surface area contributed by atoms with E-state index in [1.54, 1.807) is 0 Å². The molecule has 2 unspecified atom stereocenters. The third kappa shape index (κ3) is 6.92. The minimum Gasteiger partial charge on any atom is -0.396 e. The summed E-state index contributed by atoms with van der Waals surface area (Å²) >= 11 is 0. The van der Waals surface area contributed by atoms with Gasteiger partial charge in [-0.15, -0.1) is 0 Å². The van der Waals surface area contributed by atoms with Crippen LogP contribution in [0.15, 0.2) is 97.1 Å². The van der Waals surface area contributed by atoms with Crippen molar-refractivity contribution < 1.29 is 10.2 Å². The maximum absolute atomic E-state index is 9.73. The number of aliphatic hydroxyl groups is 2. The number of hydrogen-bond donors (Lipinski definition) is 2. The fourth-order valence-corrected chi connectivity index (χ4v) is 5.61. The normalized spacial score (nSPS) is 12.8. The first kappa shape index (κ1) is 27.6. The van der Waals surface area contributed by atoms with E-state index < -0.39 is 0 Å². The van der Waals surface area contributed by atoms with Crippen LogP contribution in [0.1, 0.15) is 64.1 Å². The minimum absolute atomic E-state index is 0.122. The van der Waals surface area contributed by atoms with E-state index in [9.17, 15) is 10.2 Å². The molecule has 0 aliphatic heterocycles. The Kier molecular flexibility index (Phi) is 9.75. The fraction of sp³-hybridized carbons (Fsp3) is 0.314. The van der Waals surface area contributed by atoms with Crippen molar-refractivity contribution in [3.8, 4) is 0 Å². The summed E-state index contributed by atoms with van der Waals surface area (Å²) in [7, 11) is 0. The molecule has 38 heavy (non-hydrogen) atoms. The zero-order valence-electron chi connectivity index (χ0n) is 23.0. The third-order valence-corrected chi connectivity index (χ3v) is 7.71. The first-order chi connectivity index (χ1) is 18.5.